The van der Waals surface area contributed by atoms with Crippen molar-refractivity contribution in [3.8, 4) is 11.4 Å². The number of nitrogens with zero attached hydrogens (tertiary/aromatic N) is 4. The summed E-state index contributed by atoms with van der Waals surface area (Å²) in [6.07, 6.45) is 5.28. The molecule has 1 aliphatic rings. The van der Waals surface area contributed by atoms with Crippen molar-refractivity contribution < 1.29 is 4.79 Å². The van der Waals surface area contributed by atoms with Crippen LogP contribution in [0.25, 0.3) is 11.4 Å². The minimum absolute atomic E-state index is 0.110. The summed E-state index contributed by atoms with van der Waals surface area (Å²) >= 11 is 0. The molecule has 144 valence electrons. The lowest BCUT2D eigenvalue weighted by atomic mass is 10.1. The largest absolute Gasteiger partial charge is 0.354 e. The number of amides is 1. The molecule has 0 unspecified atom stereocenters. The highest BCUT2D eigenvalue weighted by Gasteiger charge is 2.18. The molecule has 0 saturated carbocycles. The van der Waals surface area contributed by atoms with Gasteiger partial charge >= 0.3 is 0 Å². The zero-order chi connectivity index (χ0) is 19.3. The summed E-state index contributed by atoms with van der Waals surface area (Å²) in [6.45, 7) is 4.36. The first-order valence-electron chi connectivity index (χ1n) is 9.46. The zero-order valence-electron chi connectivity index (χ0n) is 15.9. The molecule has 28 heavy (non-hydrogen) atoms. The highest BCUT2D eigenvalue weighted by Crippen LogP contribution is 2.19. The maximum Gasteiger partial charge on any atom is 0.251 e. The fourth-order valence-electron chi connectivity index (χ4n) is 3.38. The van der Waals surface area contributed by atoms with Crippen LogP contribution in [0.1, 0.15) is 15.9 Å². The van der Waals surface area contributed by atoms with Crippen LogP contribution in [0, 0.1) is 0 Å². The number of hydrogen-bond acceptors (Lipinski definition) is 5. The third-order valence-corrected chi connectivity index (χ3v) is 5.01. The number of aromatic nitrogens is 3. The van der Waals surface area contributed by atoms with Gasteiger partial charge in [0.1, 0.15) is 11.6 Å². The number of anilines is 1. The average Bonchev–Trinajstić information content (AvgIpc) is 3.28. The van der Waals surface area contributed by atoms with Gasteiger partial charge in [0.05, 0.1) is 0 Å². The first kappa shape index (κ1) is 18.2. The predicted molar refractivity (Wildman–Crippen MR) is 109 cm³/mol. The molecule has 0 aliphatic carbocycles. The van der Waals surface area contributed by atoms with Gasteiger partial charge in [-0.1, -0.05) is 18.2 Å². The summed E-state index contributed by atoms with van der Waals surface area (Å²) in [4.78, 5) is 29.2. The van der Waals surface area contributed by atoms with E-state index < -0.39 is 0 Å². The summed E-state index contributed by atoms with van der Waals surface area (Å²) in [6, 6.07) is 11.4. The number of nitrogens with one attached hydrogen (secondary N) is 2. The van der Waals surface area contributed by atoms with Crippen molar-refractivity contribution in [1.82, 2.24) is 25.2 Å². The van der Waals surface area contributed by atoms with Crippen molar-refractivity contribution >= 4 is 11.7 Å². The summed E-state index contributed by atoms with van der Waals surface area (Å²) in [5.41, 5.74) is 2.53. The van der Waals surface area contributed by atoms with Crippen LogP contribution in [-0.4, -0.2) is 59.0 Å². The molecule has 7 heteroatoms. The summed E-state index contributed by atoms with van der Waals surface area (Å²) in [5, 5.41) is 3.03. The molecule has 2 aromatic heterocycles. The van der Waals surface area contributed by atoms with Crippen molar-refractivity contribution in [2.24, 2.45) is 0 Å². The number of likely N-dealkylation sites (N-methyl/N-ethyl adjacent to an activating group) is 1. The highest BCUT2D eigenvalue weighted by molar-refractivity contribution is 5.95. The van der Waals surface area contributed by atoms with Crippen LogP contribution in [0.3, 0.4) is 0 Å². The number of hydrogen-bond donors (Lipinski definition) is 2. The fraction of sp³-hybridized carbons (Fsp3) is 0.286. The number of piperazine rings is 1. The molecule has 7 nitrogen and oxygen atoms in total. The van der Waals surface area contributed by atoms with Gasteiger partial charge in [-0.05, 0) is 25.2 Å². The number of aromatic amines is 1. The minimum Gasteiger partial charge on any atom is -0.354 e. The van der Waals surface area contributed by atoms with E-state index in [9.17, 15) is 4.79 Å². The van der Waals surface area contributed by atoms with Crippen molar-refractivity contribution in [2.75, 3.05) is 38.1 Å². The average molecular weight is 376 g/mol. The topological polar surface area (TPSA) is 77.2 Å². The second kappa shape index (κ2) is 8.22. The maximum absolute atomic E-state index is 12.7. The van der Waals surface area contributed by atoms with Gasteiger partial charge in [0, 0.05) is 68.0 Å². The molecular formula is C21H24N6O. The van der Waals surface area contributed by atoms with Crippen LogP contribution >= 0.6 is 0 Å². The van der Waals surface area contributed by atoms with Crippen LogP contribution in [0.15, 0.2) is 55.0 Å². The number of rotatable bonds is 5. The van der Waals surface area contributed by atoms with Crippen LogP contribution in [0.5, 0.6) is 0 Å². The Morgan fingerprint density at radius 3 is 2.75 bits per heavy atom. The number of carbonyl (C=O) groups excluding carboxylic acids is 1. The Morgan fingerprint density at radius 1 is 1.11 bits per heavy atom. The summed E-state index contributed by atoms with van der Waals surface area (Å²) < 4.78 is 0. The quantitative estimate of drug-likeness (QED) is 0.714. The molecule has 0 radical (unpaired) electrons. The van der Waals surface area contributed by atoms with E-state index in [1.165, 1.54) is 0 Å². The molecular weight excluding hydrogens is 352 g/mol. The summed E-state index contributed by atoms with van der Waals surface area (Å²) in [5.74, 6) is 1.60. The van der Waals surface area contributed by atoms with E-state index in [4.69, 9.17) is 0 Å². The fourth-order valence-corrected chi connectivity index (χ4v) is 3.38. The van der Waals surface area contributed by atoms with Crippen LogP contribution in [0.4, 0.5) is 5.82 Å². The van der Waals surface area contributed by atoms with Crippen LogP contribution in [0.2, 0.25) is 0 Å². The van der Waals surface area contributed by atoms with Crippen LogP contribution < -0.4 is 10.2 Å². The molecule has 1 saturated heterocycles. The highest BCUT2D eigenvalue weighted by atomic mass is 16.1. The SMILES string of the molecule is CN1CCN(c2ncccc2CNC(=O)c2cccc(-c3ncc[nH]3)c2)CC1. The van der Waals surface area contributed by atoms with Gasteiger partial charge in [0.2, 0.25) is 0 Å². The Labute approximate surface area is 164 Å². The Morgan fingerprint density at radius 2 is 1.96 bits per heavy atom. The van der Waals surface area contributed by atoms with Gasteiger partial charge in [0.25, 0.3) is 5.91 Å². The lowest BCUT2D eigenvalue weighted by Crippen LogP contribution is -2.45. The van der Waals surface area contributed by atoms with E-state index in [1.54, 1.807) is 12.4 Å². The molecule has 0 bridgehead atoms. The Hall–Kier alpha value is -3.19. The third kappa shape index (κ3) is 4.04. The van der Waals surface area contributed by atoms with Gasteiger partial charge in [-0.15, -0.1) is 0 Å². The van der Waals surface area contributed by atoms with Crippen molar-refractivity contribution in [1.29, 1.82) is 0 Å². The van der Waals surface area contributed by atoms with Crippen molar-refractivity contribution in [2.45, 2.75) is 6.54 Å². The molecule has 1 aromatic carbocycles. The van der Waals surface area contributed by atoms with Gasteiger partial charge in [0.15, 0.2) is 0 Å². The molecule has 0 atom stereocenters. The molecule has 3 aromatic rings. The van der Waals surface area contributed by atoms with Gasteiger partial charge in [-0.25, -0.2) is 9.97 Å². The first-order valence-corrected chi connectivity index (χ1v) is 9.46. The van der Waals surface area contributed by atoms with Crippen molar-refractivity contribution in [3.05, 3.63) is 66.1 Å². The number of pyridine rings is 1. The molecule has 4 rings (SSSR count). The van der Waals surface area contributed by atoms with Gasteiger partial charge < -0.3 is 20.1 Å². The van der Waals surface area contributed by atoms with E-state index in [0.29, 0.717) is 12.1 Å². The molecule has 1 aliphatic heterocycles. The smallest absolute Gasteiger partial charge is 0.251 e. The van der Waals surface area contributed by atoms with E-state index in [-0.39, 0.29) is 5.91 Å². The second-order valence-electron chi connectivity index (χ2n) is 6.98. The number of carbonyl (C=O) groups is 1. The predicted octanol–water partition coefficient (Wildman–Crippen LogP) is 2.15. The second-order valence-corrected chi connectivity index (χ2v) is 6.98. The molecule has 2 N–H and O–H groups in total. The molecule has 1 amide bonds. The monoisotopic (exact) mass is 376 g/mol. The number of H-pyrrole nitrogens is 1. The maximum atomic E-state index is 12.7. The van der Waals surface area contributed by atoms with Gasteiger partial charge in [-0.3, -0.25) is 4.79 Å². The lowest BCUT2D eigenvalue weighted by molar-refractivity contribution is 0.0951. The van der Waals surface area contributed by atoms with E-state index in [2.05, 4.69) is 37.1 Å². The van der Waals surface area contributed by atoms with E-state index in [0.717, 1.165) is 48.9 Å². The zero-order valence-corrected chi connectivity index (χ0v) is 15.9. The summed E-state index contributed by atoms with van der Waals surface area (Å²) in [7, 11) is 2.13. The first-order chi connectivity index (χ1) is 13.7. The molecule has 3 heterocycles. The Kier molecular flexibility index (Phi) is 5.34. The Balaban J connectivity index is 1.45. The standard InChI is InChI=1S/C21H24N6O/c1-26-10-12-27(13-11-26)20-18(6-3-7-24-20)15-25-21(28)17-5-2-4-16(14-17)19-22-8-9-23-19/h2-9,14H,10-13,15H2,1H3,(H,22,23)(H,25,28). The normalized spacial score (nSPS) is 14.8. The van der Waals surface area contributed by atoms with E-state index >= 15 is 0 Å². The minimum atomic E-state index is -0.110. The van der Waals surface area contributed by atoms with Crippen LogP contribution in [-0.2, 0) is 6.54 Å². The lowest BCUT2D eigenvalue weighted by Gasteiger charge is -2.34. The van der Waals surface area contributed by atoms with Gasteiger partial charge in [-0.2, -0.15) is 0 Å². The van der Waals surface area contributed by atoms with E-state index in [1.807, 2.05) is 42.6 Å². The number of benzene rings is 1. The van der Waals surface area contributed by atoms with Crippen molar-refractivity contribution in [3.63, 3.8) is 0 Å². The molecule has 0 spiro atoms. The number of imidazole rings is 1. The Bertz CT molecular complexity index is 932. The third-order valence-electron chi connectivity index (χ3n) is 5.01. The molecule has 1 fully saturated rings.